The number of aliphatic hydroxyl groups is 1. The fraction of sp³-hybridized carbons (Fsp3) is 1.00. The normalized spacial score (nSPS) is 42.9. The van der Waals surface area contributed by atoms with E-state index in [1.54, 1.807) is 0 Å². The number of rotatable bonds is 1. The summed E-state index contributed by atoms with van der Waals surface area (Å²) in [6.07, 6.45) is 7.55. The van der Waals surface area contributed by atoms with Crippen LogP contribution in [0, 0.1) is 11.8 Å². The van der Waals surface area contributed by atoms with E-state index in [1.807, 2.05) is 11.8 Å². The Bertz CT molecular complexity index is 250. The molecule has 16 heavy (non-hydrogen) atoms. The van der Waals surface area contributed by atoms with Gasteiger partial charge in [0.25, 0.3) is 0 Å². The molecule has 0 aromatic heterocycles. The predicted molar refractivity (Wildman–Crippen MR) is 66.7 cm³/mol. The first kappa shape index (κ1) is 11.4. The first-order chi connectivity index (χ1) is 7.79. The largest absolute Gasteiger partial charge is 0.392 e. The standard InChI is InChI=1S/C13H22O2S/c14-12-9-16-8-11(12)10-3-6-15-13(7-10)4-1-2-5-13/h10-12,14H,1-9H2. The van der Waals surface area contributed by atoms with Crippen LogP contribution in [0.1, 0.15) is 38.5 Å². The third-order valence-electron chi connectivity index (χ3n) is 4.74. The van der Waals surface area contributed by atoms with E-state index in [1.165, 1.54) is 44.3 Å². The minimum absolute atomic E-state index is 0.0495. The highest BCUT2D eigenvalue weighted by molar-refractivity contribution is 7.99. The van der Waals surface area contributed by atoms with E-state index >= 15 is 0 Å². The summed E-state index contributed by atoms with van der Waals surface area (Å²) in [5.74, 6) is 3.39. The third-order valence-corrected chi connectivity index (χ3v) is 5.94. The first-order valence-corrected chi connectivity index (χ1v) is 7.84. The van der Waals surface area contributed by atoms with Gasteiger partial charge in [0.1, 0.15) is 0 Å². The van der Waals surface area contributed by atoms with Crippen molar-refractivity contribution in [3.05, 3.63) is 0 Å². The highest BCUT2D eigenvalue weighted by Gasteiger charge is 2.44. The summed E-state index contributed by atoms with van der Waals surface area (Å²) in [5.41, 5.74) is 0.218. The summed E-state index contributed by atoms with van der Waals surface area (Å²) >= 11 is 1.92. The van der Waals surface area contributed by atoms with Crippen molar-refractivity contribution in [2.45, 2.75) is 50.2 Å². The Morgan fingerprint density at radius 2 is 2.00 bits per heavy atom. The maximum atomic E-state index is 10.0. The Morgan fingerprint density at radius 3 is 2.69 bits per heavy atom. The first-order valence-electron chi connectivity index (χ1n) is 6.69. The molecule has 92 valence electrons. The van der Waals surface area contributed by atoms with Crippen LogP contribution in [0.2, 0.25) is 0 Å². The van der Waals surface area contributed by atoms with E-state index in [0.717, 1.165) is 18.3 Å². The molecule has 3 rings (SSSR count). The molecule has 3 aliphatic rings. The van der Waals surface area contributed by atoms with Crippen molar-refractivity contribution in [2.75, 3.05) is 18.1 Å². The SMILES string of the molecule is OC1CSCC1C1CCOC2(CCCC2)C1. The molecule has 2 nitrogen and oxygen atoms in total. The molecule has 3 heteroatoms. The zero-order chi connectivity index (χ0) is 11.0. The predicted octanol–water partition coefficient (Wildman–Crippen LogP) is 2.45. The molecule has 0 amide bonds. The van der Waals surface area contributed by atoms with Gasteiger partial charge in [-0.25, -0.2) is 0 Å². The summed E-state index contributed by atoms with van der Waals surface area (Å²) in [7, 11) is 0. The molecule has 0 aromatic rings. The Morgan fingerprint density at radius 1 is 1.19 bits per heavy atom. The lowest BCUT2D eigenvalue weighted by Gasteiger charge is -2.41. The van der Waals surface area contributed by atoms with Crippen LogP contribution in [0.25, 0.3) is 0 Å². The van der Waals surface area contributed by atoms with Gasteiger partial charge >= 0.3 is 0 Å². The van der Waals surface area contributed by atoms with Gasteiger partial charge in [-0.15, -0.1) is 0 Å². The quantitative estimate of drug-likeness (QED) is 0.766. The maximum absolute atomic E-state index is 10.0. The van der Waals surface area contributed by atoms with Crippen molar-refractivity contribution < 1.29 is 9.84 Å². The van der Waals surface area contributed by atoms with E-state index in [2.05, 4.69) is 0 Å². The average Bonchev–Trinajstić information content (AvgIpc) is 2.88. The molecule has 1 aliphatic carbocycles. The average molecular weight is 242 g/mol. The van der Waals surface area contributed by atoms with Crippen LogP contribution in [-0.2, 0) is 4.74 Å². The number of ether oxygens (including phenoxy) is 1. The minimum atomic E-state index is -0.0495. The summed E-state index contributed by atoms with van der Waals surface area (Å²) in [5, 5.41) is 10.0. The van der Waals surface area contributed by atoms with Gasteiger partial charge in [-0.2, -0.15) is 11.8 Å². The molecule has 0 radical (unpaired) electrons. The van der Waals surface area contributed by atoms with Gasteiger partial charge < -0.3 is 9.84 Å². The van der Waals surface area contributed by atoms with Crippen molar-refractivity contribution in [2.24, 2.45) is 11.8 Å². The number of hydrogen-bond donors (Lipinski definition) is 1. The Balaban J connectivity index is 1.67. The zero-order valence-corrected chi connectivity index (χ0v) is 10.7. The van der Waals surface area contributed by atoms with Gasteiger partial charge in [0, 0.05) is 12.4 Å². The Hall–Kier alpha value is 0.270. The van der Waals surface area contributed by atoms with Gasteiger partial charge in [0.15, 0.2) is 0 Å². The smallest absolute Gasteiger partial charge is 0.0685 e. The van der Waals surface area contributed by atoms with Crippen molar-refractivity contribution in [1.29, 1.82) is 0 Å². The van der Waals surface area contributed by atoms with Gasteiger partial charge in [-0.3, -0.25) is 0 Å². The molecule has 1 saturated carbocycles. The van der Waals surface area contributed by atoms with Crippen LogP contribution < -0.4 is 0 Å². The number of thioether (sulfide) groups is 1. The van der Waals surface area contributed by atoms with Crippen LogP contribution in [0.4, 0.5) is 0 Å². The molecule has 0 bridgehead atoms. The Kier molecular flexibility index (Phi) is 3.20. The van der Waals surface area contributed by atoms with Crippen LogP contribution >= 0.6 is 11.8 Å². The lowest BCUT2D eigenvalue weighted by Crippen LogP contribution is -2.41. The highest BCUT2D eigenvalue weighted by atomic mass is 32.2. The van der Waals surface area contributed by atoms with E-state index in [0.29, 0.717) is 5.92 Å². The maximum Gasteiger partial charge on any atom is 0.0685 e. The second-order valence-corrected chi connectivity index (χ2v) is 6.84. The van der Waals surface area contributed by atoms with Crippen molar-refractivity contribution in [3.63, 3.8) is 0 Å². The Labute approximate surface area is 102 Å². The van der Waals surface area contributed by atoms with Crippen LogP contribution in [0.15, 0.2) is 0 Å². The van der Waals surface area contributed by atoms with Crippen molar-refractivity contribution >= 4 is 11.8 Å². The summed E-state index contributed by atoms with van der Waals surface area (Å²) < 4.78 is 6.06. The summed E-state index contributed by atoms with van der Waals surface area (Å²) in [6, 6.07) is 0. The fourth-order valence-electron chi connectivity index (χ4n) is 3.81. The number of hydrogen-bond acceptors (Lipinski definition) is 3. The molecular formula is C13H22O2S. The monoisotopic (exact) mass is 242 g/mol. The molecule has 3 unspecified atom stereocenters. The molecule has 3 fully saturated rings. The van der Waals surface area contributed by atoms with E-state index in [9.17, 15) is 5.11 Å². The molecule has 3 atom stereocenters. The lowest BCUT2D eigenvalue weighted by atomic mass is 9.76. The fourth-order valence-corrected chi connectivity index (χ4v) is 5.20. The van der Waals surface area contributed by atoms with Gasteiger partial charge in [-0.05, 0) is 43.3 Å². The zero-order valence-electron chi connectivity index (χ0n) is 9.86. The third kappa shape index (κ3) is 2.02. The van der Waals surface area contributed by atoms with Crippen LogP contribution in [0.3, 0.4) is 0 Å². The van der Waals surface area contributed by atoms with Gasteiger partial charge in [0.2, 0.25) is 0 Å². The van der Waals surface area contributed by atoms with Crippen molar-refractivity contribution in [1.82, 2.24) is 0 Å². The minimum Gasteiger partial charge on any atom is -0.392 e. The second-order valence-electron chi connectivity index (χ2n) is 5.76. The van der Waals surface area contributed by atoms with Crippen LogP contribution in [-0.4, -0.2) is 34.9 Å². The number of aliphatic hydroxyl groups excluding tert-OH is 1. The van der Waals surface area contributed by atoms with Crippen molar-refractivity contribution in [3.8, 4) is 0 Å². The molecular weight excluding hydrogens is 220 g/mol. The molecule has 2 heterocycles. The summed E-state index contributed by atoms with van der Waals surface area (Å²) in [6.45, 7) is 0.929. The van der Waals surface area contributed by atoms with E-state index in [-0.39, 0.29) is 11.7 Å². The highest BCUT2D eigenvalue weighted by Crippen LogP contribution is 2.46. The van der Waals surface area contributed by atoms with Crippen LogP contribution in [0.5, 0.6) is 0 Å². The summed E-state index contributed by atoms with van der Waals surface area (Å²) in [4.78, 5) is 0. The molecule has 1 N–H and O–H groups in total. The molecule has 2 saturated heterocycles. The molecule has 0 aromatic carbocycles. The van der Waals surface area contributed by atoms with Gasteiger partial charge in [-0.1, -0.05) is 12.8 Å². The second kappa shape index (κ2) is 4.51. The lowest BCUT2D eigenvalue weighted by molar-refractivity contribution is -0.106. The molecule has 2 aliphatic heterocycles. The van der Waals surface area contributed by atoms with E-state index in [4.69, 9.17) is 4.74 Å². The van der Waals surface area contributed by atoms with E-state index < -0.39 is 0 Å². The van der Waals surface area contributed by atoms with Gasteiger partial charge in [0.05, 0.1) is 11.7 Å². The molecule has 1 spiro atoms. The topological polar surface area (TPSA) is 29.5 Å².